The number of carbonyl (C=O) groups is 3. The molecule has 4 atom stereocenters. The molecule has 12 nitrogen and oxygen atoms in total. The minimum absolute atomic E-state index is 0.0245. The molecule has 36 heavy (non-hydrogen) atoms. The molecule has 13 heteroatoms. The molecule has 0 radical (unpaired) electrons. The lowest BCUT2D eigenvalue weighted by Gasteiger charge is -2.23. The Morgan fingerprint density at radius 3 is 2.44 bits per heavy atom. The molecule has 4 rings (SSSR count). The van der Waals surface area contributed by atoms with E-state index >= 15 is 0 Å². The van der Waals surface area contributed by atoms with Crippen LogP contribution in [0.25, 0.3) is 11.2 Å². The highest BCUT2D eigenvalue weighted by Crippen LogP contribution is 2.36. The Kier molecular flexibility index (Phi) is 7.44. The van der Waals surface area contributed by atoms with E-state index in [0.717, 1.165) is 12.8 Å². The number of fused-ring (bicyclic) bond motifs is 1. The molecule has 2 aromatic rings. The molecule has 0 unspecified atom stereocenters. The fourth-order valence-corrected chi connectivity index (χ4v) is 4.51. The van der Waals surface area contributed by atoms with Crippen molar-refractivity contribution in [3.63, 3.8) is 0 Å². The summed E-state index contributed by atoms with van der Waals surface area (Å²) in [7, 11) is 0. The van der Waals surface area contributed by atoms with Crippen LogP contribution in [0.15, 0.2) is 6.33 Å². The molecule has 1 saturated carbocycles. The van der Waals surface area contributed by atoms with E-state index in [1.54, 1.807) is 0 Å². The van der Waals surface area contributed by atoms with E-state index in [9.17, 15) is 19.5 Å². The van der Waals surface area contributed by atoms with Crippen LogP contribution >= 0.6 is 11.6 Å². The first kappa shape index (κ1) is 25.8. The van der Waals surface area contributed by atoms with E-state index in [2.05, 4.69) is 26.8 Å². The molecular weight excluding hydrogens is 496 g/mol. The van der Waals surface area contributed by atoms with E-state index in [1.165, 1.54) is 31.7 Å². The predicted octanol–water partition coefficient (Wildman–Crippen LogP) is 1.46. The SMILES string of the molecule is CC(=O)OC[C@H]1O[C@@H](n2cnc3c(Cl)nc(C#CC4(O)CCCC4)nc32)[C@H](OC(C)=O)[C@@H]1OC(C)=O. The Balaban J connectivity index is 1.74. The van der Waals surface area contributed by atoms with Crippen LogP contribution in [0.4, 0.5) is 0 Å². The molecule has 3 heterocycles. The molecule has 1 aliphatic carbocycles. The lowest BCUT2D eigenvalue weighted by Crippen LogP contribution is -2.40. The zero-order valence-corrected chi connectivity index (χ0v) is 20.6. The van der Waals surface area contributed by atoms with Crippen LogP contribution in [0.3, 0.4) is 0 Å². The Labute approximate surface area is 211 Å². The maximum absolute atomic E-state index is 11.9. The summed E-state index contributed by atoms with van der Waals surface area (Å²) in [5.74, 6) is 3.83. The first-order valence-corrected chi connectivity index (χ1v) is 11.7. The Bertz CT molecular complexity index is 1250. The van der Waals surface area contributed by atoms with Crippen molar-refractivity contribution in [3.8, 4) is 11.8 Å². The van der Waals surface area contributed by atoms with Crippen molar-refractivity contribution in [1.29, 1.82) is 0 Å². The zero-order chi connectivity index (χ0) is 26.0. The third kappa shape index (κ3) is 5.59. The van der Waals surface area contributed by atoms with E-state index in [1.807, 2.05) is 0 Å². The molecule has 192 valence electrons. The number of hydrogen-bond donors (Lipinski definition) is 1. The van der Waals surface area contributed by atoms with Crippen LogP contribution in [0.1, 0.15) is 58.5 Å². The minimum atomic E-state index is -1.12. The average molecular weight is 521 g/mol. The van der Waals surface area contributed by atoms with Gasteiger partial charge in [0.1, 0.15) is 23.8 Å². The van der Waals surface area contributed by atoms with Crippen molar-refractivity contribution in [1.82, 2.24) is 19.5 Å². The Morgan fingerprint density at radius 2 is 1.81 bits per heavy atom. The van der Waals surface area contributed by atoms with Gasteiger partial charge in [0.15, 0.2) is 29.2 Å². The van der Waals surface area contributed by atoms with Crippen LogP contribution in [-0.2, 0) is 33.3 Å². The van der Waals surface area contributed by atoms with E-state index < -0.39 is 48.0 Å². The van der Waals surface area contributed by atoms with Crippen molar-refractivity contribution in [2.45, 2.75) is 76.6 Å². The second-order valence-corrected chi connectivity index (χ2v) is 9.02. The number of rotatable bonds is 5. The highest BCUT2D eigenvalue weighted by atomic mass is 35.5. The van der Waals surface area contributed by atoms with Crippen LogP contribution in [0.2, 0.25) is 5.15 Å². The lowest BCUT2D eigenvalue weighted by molar-refractivity contribution is -0.166. The summed E-state index contributed by atoms with van der Waals surface area (Å²) < 4.78 is 23.4. The van der Waals surface area contributed by atoms with Crippen molar-refractivity contribution in [2.75, 3.05) is 6.61 Å². The van der Waals surface area contributed by atoms with Crippen molar-refractivity contribution >= 4 is 40.7 Å². The molecule has 0 amide bonds. The topological polar surface area (TPSA) is 152 Å². The van der Waals surface area contributed by atoms with Crippen LogP contribution < -0.4 is 0 Å². The quantitative estimate of drug-likeness (QED) is 0.264. The van der Waals surface area contributed by atoms with E-state index in [4.69, 9.17) is 30.5 Å². The van der Waals surface area contributed by atoms with Gasteiger partial charge in [-0.15, -0.1) is 0 Å². The van der Waals surface area contributed by atoms with Gasteiger partial charge in [-0.05, 0) is 31.6 Å². The van der Waals surface area contributed by atoms with Gasteiger partial charge in [-0.25, -0.2) is 15.0 Å². The molecule has 0 bridgehead atoms. The van der Waals surface area contributed by atoms with Gasteiger partial charge in [0.25, 0.3) is 0 Å². The third-order valence-electron chi connectivity index (χ3n) is 5.83. The second-order valence-electron chi connectivity index (χ2n) is 8.67. The summed E-state index contributed by atoms with van der Waals surface area (Å²) in [4.78, 5) is 47.9. The molecule has 0 spiro atoms. The number of carbonyl (C=O) groups excluding carboxylic acids is 3. The fraction of sp³-hybridized carbons (Fsp3) is 0.565. The van der Waals surface area contributed by atoms with Crippen molar-refractivity contribution in [2.24, 2.45) is 0 Å². The van der Waals surface area contributed by atoms with Crippen LogP contribution in [0, 0.1) is 11.8 Å². The highest BCUT2D eigenvalue weighted by Gasteiger charge is 2.51. The molecule has 2 aliphatic rings. The maximum Gasteiger partial charge on any atom is 0.303 e. The highest BCUT2D eigenvalue weighted by molar-refractivity contribution is 6.33. The fourth-order valence-electron chi connectivity index (χ4n) is 4.30. The number of halogens is 1. The summed E-state index contributed by atoms with van der Waals surface area (Å²) in [6.45, 7) is 3.38. The smallest absolute Gasteiger partial charge is 0.303 e. The van der Waals surface area contributed by atoms with Gasteiger partial charge in [-0.2, -0.15) is 0 Å². The molecule has 2 fully saturated rings. The standard InChI is InChI=1S/C23H25ClN4O8/c1-12(29)33-10-15-18(34-13(2)30)19(35-14(3)31)22(36-15)28-11-25-17-20(24)26-16(27-21(17)28)6-9-23(32)7-4-5-8-23/h11,15,18-19,22,32H,4-5,7-8,10H2,1-3H3/t15-,18-,19-,22-/m1/s1. The third-order valence-corrected chi connectivity index (χ3v) is 6.09. The first-order chi connectivity index (χ1) is 17.1. The average Bonchev–Trinajstić information content (AvgIpc) is 3.49. The van der Waals surface area contributed by atoms with E-state index in [0.29, 0.717) is 12.8 Å². The molecule has 1 saturated heterocycles. The summed E-state index contributed by atoms with van der Waals surface area (Å²) in [5.41, 5.74) is -0.643. The maximum atomic E-state index is 11.9. The zero-order valence-electron chi connectivity index (χ0n) is 19.9. The van der Waals surface area contributed by atoms with Gasteiger partial charge in [-0.1, -0.05) is 17.5 Å². The van der Waals surface area contributed by atoms with Crippen molar-refractivity contribution in [3.05, 3.63) is 17.3 Å². The van der Waals surface area contributed by atoms with Gasteiger partial charge in [0, 0.05) is 20.8 Å². The summed E-state index contributed by atoms with van der Waals surface area (Å²) in [6.07, 6.45) is 0.0539. The van der Waals surface area contributed by atoms with Crippen LogP contribution in [0.5, 0.6) is 0 Å². The first-order valence-electron chi connectivity index (χ1n) is 11.4. The number of aromatic nitrogens is 4. The largest absolute Gasteiger partial charge is 0.463 e. The molecule has 1 aliphatic heterocycles. The van der Waals surface area contributed by atoms with Gasteiger partial charge >= 0.3 is 17.9 Å². The van der Waals surface area contributed by atoms with Gasteiger partial charge in [0.05, 0.1) is 6.33 Å². The molecular formula is C23H25ClN4O8. The number of esters is 3. The molecule has 1 N–H and O–H groups in total. The lowest BCUT2D eigenvalue weighted by atomic mass is 10.0. The number of imidazole rings is 1. The predicted molar refractivity (Wildman–Crippen MR) is 122 cm³/mol. The minimum Gasteiger partial charge on any atom is -0.463 e. The number of aliphatic hydroxyl groups is 1. The number of ether oxygens (including phenoxy) is 4. The summed E-state index contributed by atoms with van der Waals surface area (Å²) in [5, 5.41) is 10.6. The number of hydrogen-bond acceptors (Lipinski definition) is 11. The van der Waals surface area contributed by atoms with E-state index in [-0.39, 0.29) is 28.7 Å². The van der Waals surface area contributed by atoms with Crippen molar-refractivity contribution < 1.29 is 38.4 Å². The monoisotopic (exact) mass is 520 g/mol. The molecule has 2 aromatic heterocycles. The van der Waals surface area contributed by atoms with Gasteiger partial charge in [-0.3, -0.25) is 19.0 Å². The van der Waals surface area contributed by atoms with Crippen LogP contribution in [-0.4, -0.2) is 73.1 Å². The van der Waals surface area contributed by atoms with Gasteiger partial charge < -0.3 is 24.1 Å². The molecule has 0 aromatic carbocycles. The summed E-state index contributed by atoms with van der Waals surface area (Å²) in [6, 6.07) is 0. The Hall–Kier alpha value is -3.27. The van der Waals surface area contributed by atoms with Gasteiger partial charge in [0.2, 0.25) is 5.82 Å². The Morgan fingerprint density at radius 1 is 1.14 bits per heavy atom. The number of nitrogens with zero attached hydrogens (tertiary/aromatic N) is 4. The second kappa shape index (κ2) is 10.4. The normalized spacial score (nSPS) is 24.7. The summed E-state index contributed by atoms with van der Waals surface area (Å²) >= 11 is 6.33.